The maximum Gasteiger partial charge on any atom is 0.241 e. The zero-order valence-electron chi connectivity index (χ0n) is 16.7. The van der Waals surface area contributed by atoms with Crippen molar-refractivity contribution in [3.8, 4) is 28.6 Å². The summed E-state index contributed by atoms with van der Waals surface area (Å²) in [6.45, 7) is 3.32. The molecule has 1 aromatic carbocycles. The first kappa shape index (κ1) is 19.6. The van der Waals surface area contributed by atoms with Gasteiger partial charge in [-0.3, -0.25) is 9.88 Å². The Morgan fingerprint density at radius 3 is 2.46 bits per heavy atom. The van der Waals surface area contributed by atoms with Crippen LogP contribution in [0.2, 0.25) is 0 Å². The molecule has 3 rings (SSSR count). The van der Waals surface area contributed by atoms with Crippen LogP contribution in [0, 0.1) is 6.92 Å². The molecule has 0 fully saturated rings. The van der Waals surface area contributed by atoms with Crippen LogP contribution >= 0.6 is 0 Å². The third-order valence-corrected chi connectivity index (χ3v) is 4.40. The van der Waals surface area contributed by atoms with Gasteiger partial charge in [0.2, 0.25) is 17.5 Å². The maximum atomic E-state index is 5.50. The van der Waals surface area contributed by atoms with Gasteiger partial charge in [-0.1, -0.05) is 5.16 Å². The van der Waals surface area contributed by atoms with Crippen molar-refractivity contribution in [3.63, 3.8) is 0 Å². The zero-order valence-corrected chi connectivity index (χ0v) is 16.7. The number of aryl methyl sites for hydroxylation is 1. The molecule has 2 aromatic heterocycles. The predicted octanol–water partition coefficient (Wildman–Crippen LogP) is 3.10. The van der Waals surface area contributed by atoms with Crippen molar-refractivity contribution in [3.05, 3.63) is 47.6 Å². The lowest BCUT2D eigenvalue weighted by molar-refractivity contribution is 0.260. The molecule has 0 aliphatic rings. The van der Waals surface area contributed by atoms with Gasteiger partial charge in [0.15, 0.2) is 11.5 Å². The molecule has 0 unspecified atom stereocenters. The number of nitrogens with zero attached hydrogens (tertiary/aromatic N) is 4. The maximum absolute atomic E-state index is 5.50. The lowest BCUT2D eigenvalue weighted by atomic mass is 10.1. The molecule has 28 heavy (non-hydrogen) atoms. The third-order valence-electron chi connectivity index (χ3n) is 4.40. The summed E-state index contributed by atoms with van der Waals surface area (Å²) >= 11 is 0. The van der Waals surface area contributed by atoms with Crippen molar-refractivity contribution in [1.82, 2.24) is 20.0 Å². The fourth-order valence-electron chi connectivity index (χ4n) is 2.96. The van der Waals surface area contributed by atoms with Crippen molar-refractivity contribution < 1.29 is 18.7 Å². The summed E-state index contributed by atoms with van der Waals surface area (Å²) in [6, 6.07) is 5.61. The smallest absolute Gasteiger partial charge is 0.241 e. The van der Waals surface area contributed by atoms with Crippen LogP contribution in [0.1, 0.15) is 17.0 Å². The van der Waals surface area contributed by atoms with Gasteiger partial charge in [-0.05, 0) is 43.3 Å². The Kier molecular flexibility index (Phi) is 6.10. The Balaban J connectivity index is 1.80. The van der Waals surface area contributed by atoms with Gasteiger partial charge in [-0.2, -0.15) is 4.98 Å². The van der Waals surface area contributed by atoms with Gasteiger partial charge in [0.05, 0.1) is 33.4 Å². The van der Waals surface area contributed by atoms with Crippen LogP contribution < -0.4 is 14.2 Å². The number of methoxy groups -OCH3 is 3. The fraction of sp³-hybridized carbons (Fsp3) is 0.350. The topological polar surface area (TPSA) is 82.7 Å². The van der Waals surface area contributed by atoms with Crippen molar-refractivity contribution >= 4 is 0 Å². The molecule has 148 valence electrons. The van der Waals surface area contributed by atoms with E-state index in [2.05, 4.69) is 20.0 Å². The monoisotopic (exact) mass is 384 g/mol. The summed E-state index contributed by atoms with van der Waals surface area (Å²) in [6.07, 6.45) is 3.65. The minimum absolute atomic E-state index is 0.432. The van der Waals surface area contributed by atoms with E-state index in [0.29, 0.717) is 41.1 Å². The molecule has 0 atom stereocenters. The van der Waals surface area contributed by atoms with E-state index in [1.54, 1.807) is 33.6 Å². The second-order valence-electron chi connectivity index (χ2n) is 6.37. The molecule has 0 bridgehead atoms. The van der Waals surface area contributed by atoms with E-state index in [9.17, 15) is 0 Å². The van der Waals surface area contributed by atoms with Crippen molar-refractivity contribution in [2.75, 3.05) is 28.4 Å². The second kappa shape index (κ2) is 8.71. The van der Waals surface area contributed by atoms with E-state index in [4.69, 9.17) is 18.7 Å². The van der Waals surface area contributed by atoms with Crippen LogP contribution in [0.4, 0.5) is 0 Å². The van der Waals surface area contributed by atoms with Crippen LogP contribution in [0.5, 0.6) is 17.2 Å². The predicted molar refractivity (Wildman–Crippen MR) is 104 cm³/mol. The van der Waals surface area contributed by atoms with Crippen molar-refractivity contribution in [2.24, 2.45) is 0 Å². The van der Waals surface area contributed by atoms with Gasteiger partial charge in [-0.25, -0.2) is 0 Å². The first-order valence-electron chi connectivity index (χ1n) is 8.77. The van der Waals surface area contributed by atoms with E-state index >= 15 is 0 Å². The Morgan fingerprint density at radius 1 is 1.00 bits per heavy atom. The Bertz CT molecular complexity index is 942. The molecule has 8 heteroatoms. The zero-order chi connectivity index (χ0) is 20.1. The third kappa shape index (κ3) is 4.07. The van der Waals surface area contributed by atoms with Gasteiger partial charge in [-0.15, -0.1) is 0 Å². The highest BCUT2D eigenvalue weighted by Crippen LogP contribution is 2.43. The Morgan fingerprint density at radius 2 is 1.79 bits per heavy atom. The second-order valence-corrected chi connectivity index (χ2v) is 6.37. The van der Waals surface area contributed by atoms with E-state index in [0.717, 1.165) is 12.1 Å². The summed E-state index contributed by atoms with van der Waals surface area (Å²) in [5, 5.41) is 4.10. The standard InChI is InChI=1S/C20H24N4O4/c1-13-10-21-9-8-14(13)11-24(2)12-17-22-20(23-28-17)15-6-7-16(25-3)19(27-5)18(15)26-4/h6-10H,11-12H2,1-5H3. The molecule has 0 radical (unpaired) electrons. The fourth-order valence-corrected chi connectivity index (χ4v) is 2.96. The van der Waals surface area contributed by atoms with Gasteiger partial charge in [0.25, 0.3) is 0 Å². The lowest BCUT2D eigenvalue weighted by Gasteiger charge is -2.15. The first-order chi connectivity index (χ1) is 13.6. The van der Waals surface area contributed by atoms with E-state index in [-0.39, 0.29) is 0 Å². The summed E-state index contributed by atoms with van der Waals surface area (Å²) in [4.78, 5) is 10.7. The van der Waals surface area contributed by atoms with Crippen LogP contribution in [0.15, 0.2) is 35.1 Å². The number of aromatic nitrogens is 3. The minimum atomic E-state index is 0.432. The molecule has 0 saturated carbocycles. The van der Waals surface area contributed by atoms with E-state index in [1.807, 2.05) is 32.3 Å². The van der Waals surface area contributed by atoms with Crippen LogP contribution in [-0.2, 0) is 13.1 Å². The number of rotatable bonds is 8. The molecule has 0 N–H and O–H groups in total. The molecular formula is C20H24N4O4. The SMILES string of the molecule is COc1ccc(-c2noc(CN(C)Cc3ccncc3C)n2)c(OC)c1OC. The average Bonchev–Trinajstić information content (AvgIpc) is 3.16. The molecular weight excluding hydrogens is 360 g/mol. The van der Waals surface area contributed by atoms with Gasteiger partial charge in [0.1, 0.15) is 0 Å². The number of hydrogen-bond acceptors (Lipinski definition) is 8. The van der Waals surface area contributed by atoms with Crippen molar-refractivity contribution in [1.29, 1.82) is 0 Å². The van der Waals surface area contributed by atoms with Crippen LogP contribution in [0.3, 0.4) is 0 Å². The van der Waals surface area contributed by atoms with E-state index in [1.165, 1.54) is 5.56 Å². The molecule has 0 saturated heterocycles. The first-order valence-corrected chi connectivity index (χ1v) is 8.77. The largest absolute Gasteiger partial charge is 0.493 e. The molecule has 2 heterocycles. The van der Waals surface area contributed by atoms with Crippen LogP contribution in [0.25, 0.3) is 11.4 Å². The highest BCUT2D eigenvalue weighted by Gasteiger charge is 2.21. The number of hydrogen-bond donors (Lipinski definition) is 0. The quantitative estimate of drug-likeness (QED) is 0.586. The average molecular weight is 384 g/mol. The van der Waals surface area contributed by atoms with Gasteiger partial charge < -0.3 is 18.7 Å². The minimum Gasteiger partial charge on any atom is -0.493 e. The van der Waals surface area contributed by atoms with Gasteiger partial charge in [0, 0.05) is 18.9 Å². The normalized spacial score (nSPS) is 10.9. The highest BCUT2D eigenvalue weighted by molar-refractivity contribution is 5.71. The molecule has 0 aliphatic heterocycles. The van der Waals surface area contributed by atoms with Crippen molar-refractivity contribution in [2.45, 2.75) is 20.0 Å². The summed E-state index contributed by atoms with van der Waals surface area (Å²) < 4.78 is 21.7. The Labute approximate surface area is 164 Å². The summed E-state index contributed by atoms with van der Waals surface area (Å²) in [7, 11) is 6.69. The molecule has 0 spiro atoms. The Hall–Kier alpha value is -3.13. The molecule has 0 aliphatic carbocycles. The molecule has 3 aromatic rings. The van der Waals surface area contributed by atoms with E-state index < -0.39 is 0 Å². The number of pyridine rings is 1. The number of benzene rings is 1. The van der Waals surface area contributed by atoms with Gasteiger partial charge >= 0.3 is 0 Å². The van der Waals surface area contributed by atoms with Crippen LogP contribution in [-0.4, -0.2) is 48.4 Å². The lowest BCUT2D eigenvalue weighted by Crippen LogP contribution is -2.18. The summed E-state index contributed by atoms with van der Waals surface area (Å²) in [5.74, 6) is 2.50. The summed E-state index contributed by atoms with van der Waals surface area (Å²) in [5.41, 5.74) is 3.03. The molecule has 8 nitrogen and oxygen atoms in total. The number of ether oxygens (including phenoxy) is 3. The molecule has 0 amide bonds. The highest BCUT2D eigenvalue weighted by atomic mass is 16.5.